The van der Waals surface area contributed by atoms with E-state index in [1.54, 1.807) is 7.11 Å². The topological polar surface area (TPSA) is 35.2 Å². The van der Waals surface area contributed by atoms with Crippen LogP contribution >= 0.6 is 0 Å². The second-order valence-electron chi connectivity index (χ2n) is 3.69. The summed E-state index contributed by atoms with van der Waals surface area (Å²) in [4.78, 5) is 0. The van der Waals surface area contributed by atoms with Gasteiger partial charge < -0.3 is 10.5 Å². The van der Waals surface area contributed by atoms with Gasteiger partial charge in [-0.3, -0.25) is 0 Å². The summed E-state index contributed by atoms with van der Waals surface area (Å²) in [5.74, 6) is 1.99. The van der Waals surface area contributed by atoms with Gasteiger partial charge in [-0.1, -0.05) is 19.1 Å². The highest BCUT2D eigenvalue weighted by atomic mass is 16.5. The van der Waals surface area contributed by atoms with Crippen molar-refractivity contribution in [3.8, 4) is 0 Å². The Bertz CT molecular complexity index is 289. The van der Waals surface area contributed by atoms with Crippen LogP contribution in [0.5, 0.6) is 0 Å². The van der Waals surface area contributed by atoms with Gasteiger partial charge in [0.2, 0.25) is 0 Å². The average Bonchev–Trinajstić information content (AvgIpc) is 2.10. The van der Waals surface area contributed by atoms with Gasteiger partial charge in [0.25, 0.3) is 0 Å². The lowest BCUT2D eigenvalue weighted by Crippen LogP contribution is -2.48. The third kappa shape index (κ3) is 1.22. The molecule has 0 saturated heterocycles. The summed E-state index contributed by atoms with van der Waals surface area (Å²) in [6.07, 6.45) is 8.24. The lowest BCUT2D eigenvalue weighted by atomic mass is 9.65. The van der Waals surface area contributed by atoms with Crippen LogP contribution in [0.25, 0.3) is 0 Å². The lowest BCUT2D eigenvalue weighted by Gasteiger charge is -2.42. The van der Waals surface area contributed by atoms with E-state index in [1.807, 2.05) is 12.2 Å². The molecule has 0 spiro atoms. The quantitative estimate of drug-likeness (QED) is 0.660. The smallest absolute Gasteiger partial charge is 0.118 e. The van der Waals surface area contributed by atoms with Gasteiger partial charge in [0, 0.05) is 12.0 Å². The van der Waals surface area contributed by atoms with Crippen LogP contribution in [0.3, 0.4) is 0 Å². The molecule has 1 fully saturated rings. The first kappa shape index (κ1) is 8.57. The van der Waals surface area contributed by atoms with Gasteiger partial charge >= 0.3 is 0 Å². The fraction of sp³-hybridized carbons (Fsp3) is 0.455. The van der Waals surface area contributed by atoms with E-state index in [-0.39, 0.29) is 6.04 Å². The Morgan fingerprint density at radius 3 is 2.77 bits per heavy atom. The Labute approximate surface area is 78.8 Å². The second kappa shape index (κ2) is 3.04. The molecule has 0 heterocycles. The van der Waals surface area contributed by atoms with E-state index in [0.29, 0.717) is 11.8 Å². The van der Waals surface area contributed by atoms with Crippen molar-refractivity contribution in [1.29, 1.82) is 0 Å². The minimum absolute atomic E-state index is 0.223. The molecule has 3 rings (SSSR count). The number of ether oxygens (including phenoxy) is 1. The molecule has 2 nitrogen and oxygen atoms in total. The van der Waals surface area contributed by atoms with Gasteiger partial charge in [0.1, 0.15) is 5.76 Å². The molecule has 3 unspecified atom stereocenters. The highest BCUT2D eigenvalue weighted by Gasteiger charge is 2.38. The van der Waals surface area contributed by atoms with Crippen molar-refractivity contribution in [2.45, 2.75) is 13.0 Å². The summed E-state index contributed by atoms with van der Waals surface area (Å²) < 4.78 is 5.15. The van der Waals surface area contributed by atoms with Crippen molar-refractivity contribution in [2.24, 2.45) is 17.6 Å². The van der Waals surface area contributed by atoms with Crippen LogP contribution < -0.4 is 5.73 Å². The molecule has 2 N–H and O–H groups in total. The molecule has 0 aromatic heterocycles. The normalized spacial score (nSPS) is 36.7. The summed E-state index contributed by atoms with van der Waals surface area (Å²) in [5.41, 5.74) is 7.32. The Morgan fingerprint density at radius 1 is 1.38 bits per heavy atom. The average molecular weight is 177 g/mol. The molecule has 70 valence electrons. The van der Waals surface area contributed by atoms with Crippen molar-refractivity contribution in [1.82, 2.24) is 0 Å². The van der Waals surface area contributed by atoms with E-state index in [2.05, 4.69) is 19.1 Å². The number of methoxy groups -OCH3 is 1. The van der Waals surface area contributed by atoms with Gasteiger partial charge in [-0.25, -0.2) is 0 Å². The predicted octanol–water partition coefficient (Wildman–Crippen LogP) is 1.61. The molecular formula is C11H15NO. The molecular weight excluding hydrogens is 162 g/mol. The molecule has 0 amide bonds. The Hall–Kier alpha value is -1.02. The van der Waals surface area contributed by atoms with Gasteiger partial charge in [-0.15, -0.1) is 0 Å². The molecule has 3 atom stereocenters. The van der Waals surface area contributed by atoms with E-state index >= 15 is 0 Å². The van der Waals surface area contributed by atoms with Crippen LogP contribution in [-0.2, 0) is 4.74 Å². The summed E-state index contributed by atoms with van der Waals surface area (Å²) in [5, 5.41) is 0. The van der Waals surface area contributed by atoms with E-state index < -0.39 is 0 Å². The van der Waals surface area contributed by atoms with Crippen molar-refractivity contribution < 1.29 is 4.74 Å². The summed E-state index contributed by atoms with van der Waals surface area (Å²) >= 11 is 0. The zero-order valence-electron chi connectivity index (χ0n) is 8.03. The van der Waals surface area contributed by atoms with Gasteiger partial charge in [-0.05, 0) is 23.6 Å². The third-order valence-corrected chi connectivity index (χ3v) is 3.06. The number of nitrogens with two attached hydrogens (primary N) is 1. The van der Waals surface area contributed by atoms with Crippen LogP contribution in [0.4, 0.5) is 0 Å². The van der Waals surface area contributed by atoms with Crippen LogP contribution in [0.2, 0.25) is 0 Å². The maximum atomic E-state index is 5.99. The number of hydrogen-bond donors (Lipinski definition) is 1. The number of rotatable bonds is 1. The zero-order valence-corrected chi connectivity index (χ0v) is 8.03. The van der Waals surface area contributed by atoms with Gasteiger partial charge in [0.15, 0.2) is 0 Å². The summed E-state index contributed by atoms with van der Waals surface area (Å²) in [7, 11) is 1.69. The highest BCUT2D eigenvalue weighted by Crippen LogP contribution is 2.40. The van der Waals surface area contributed by atoms with E-state index in [4.69, 9.17) is 10.5 Å². The van der Waals surface area contributed by atoms with Crippen molar-refractivity contribution in [3.05, 3.63) is 35.6 Å². The minimum Gasteiger partial charge on any atom is -0.497 e. The maximum absolute atomic E-state index is 5.99. The van der Waals surface area contributed by atoms with E-state index in [1.165, 1.54) is 5.57 Å². The molecule has 3 aliphatic carbocycles. The Balaban J connectivity index is 2.31. The Kier molecular flexibility index (Phi) is 2.00. The first-order valence-corrected chi connectivity index (χ1v) is 4.63. The standard InChI is InChI=1S/C11H15NO/c1-7-9-5-3-8(13-2)4-6-10(7)11(9)12/h3-7,9,11H,12H2,1-2H3. The van der Waals surface area contributed by atoms with Crippen molar-refractivity contribution in [3.63, 3.8) is 0 Å². The molecule has 0 aromatic carbocycles. The highest BCUT2D eigenvalue weighted by molar-refractivity contribution is 5.38. The predicted molar refractivity (Wildman–Crippen MR) is 52.9 cm³/mol. The van der Waals surface area contributed by atoms with Crippen molar-refractivity contribution >= 4 is 0 Å². The van der Waals surface area contributed by atoms with Crippen LogP contribution in [-0.4, -0.2) is 13.2 Å². The number of hydrogen-bond acceptors (Lipinski definition) is 2. The molecule has 0 radical (unpaired) electrons. The first-order chi connectivity index (χ1) is 6.24. The lowest BCUT2D eigenvalue weighted by molar-refractivity contribution is 0.292. The molecule has 2 bridgehead atoms. The maximum Gasteiger partial charge on any atom is 0.118 e. The Morgan fingerprint density at radius 2 is 2.15 bits per heavy atom. The first-order valence-electron chi connectivity index (χ1n) is 4.63. The van der Waals surface area contributed by atoms with Crippen LogP contribution in [0.1, 0.15) is 6.92 Å². The van der Waals surface area contributed by atoms with Crippen molar-refractivity contribution in [2.75, 3.05) is 7.11 Å². The summed E-state index contributed by atoms with van der Waals surface area (Å²) in [6, 6.07) is 0.223. The largest absolute Gasteiger partial charge is 0.497 e. The SMILES string of the molecule is COC1=CC=C2C(C)C(C=C1)C2N. The minimum atomic E-state index is 0.223. The molecule has 0 aliphatic heterocycles. The fourth-order valence-corrected chi connectivity index (χ4v) is 2.07. The molecule has 13 heavy (non-hydrogen) atoms. The number of fused-ring (bicyclic) bond motifs is 2. The monoisotopic (exact) mass is 177 g/mol. The fourth-order valence-electron chi connectivity index (χ4n) is 2.07. The second-order valence-corrected chi connectivity index (χ2v) is 3.69. The summed E-state index contributed by atoms with van der Waals surface area (Å²) in [6.45, 7) is 2.22. The van der Waals surface area contributed by atoms with Gasteiger partial charge in [-0.2, -0.15) is 0 Å². The van der Waals surface area contributed by atoms with Gasteiger partial charge in [0.05, 0.1) is 7.11 Å². The van der Waals surface area contributed by atoms with E-state index in [9.17, 15) is 0 Å². The van der Waals surface area contributed by atoms with Crippen LogP contribution in [0.15, 0.2) is 35.6 Å². The van der Waals surface area contributed by atoms with Crippen LogP contribution in [0, 0.1) is 11.8 Å². The molecule has 1 saturated carbocycles. The number of allylic oxidation sites excluding steroid dienone is 3. The third-order valence-electron chi connectivity index (χ3n) is 3.06. The molecule has 3 aliphatic rings. The molecule has 2 heteroatoms. The molecule has 0 aromatic rings. The van der Waals surface area contributed by atoms with E-state index in [0.717, 1.165) is 5.76 Å². The zero-order chi connectivity index (χ0) is 9.42.